The van der Waals surface area contributed by atoms with Crippen LogP contribution in [0.4, 0.5) is 0 Å². The number of hydrogen-bond donors (Lipinski definition) is 1. The topological polar surface area (TPSA) is 38.3 Å². The van der Waals surface area contributed by atoms with Crippen LogP contribution < -0.4 is 10.1 Å². The zero-order valence-corrected chi connectivity index (χ0v) is 14.5. The maximum atomic E-state index is 12.3. The molecule has 0 aromatic heterocycles. The first-order valence-corrected chi connectivity index (χ1v) is 8.97. The largest absolute Gasteiger partial charge is 0.490 e. The molecule has 2 aromatic rings. The van der Waals surface area contributed by atoms with Gasteiger partial charge < -0.3 is 10.1 Å². The van der Waals surface area contributed by atoms with Gasteiger partial charge in [-0.15, -0.1) is 11.8 Å². The van der Waals surface area contributed by atoms with Gasteiger partial charge in [-0.25, -0.2) is 0 Å². The number of carbonyl (C=O) groups excluding carboxylic acids is 1. The summed E-state index contributed by atoms with van der Waals surface area (Å²) in [5, 5.41) is 3.76. The van der Waals surface area contributed by atoms with Crippen LogP contribution in [0.2, 0.25) is 10.0 Å². The number of carbonyl (C=O) groups is 1. The van der Waals surface area contributed by atoms with Crippen molar-refractivity contribution in [3.8, 4) is 5.75 Å². The van der Waals surface area contributed by atoms with Crippen molar-refractivity contribution in [3.63, 3.8) is 0 Å². The predicted octanol–water partition coefficient (Wildman–Crippen LogP) is 4.38. The summed E-state index contributed by atoms with van der Waals surface area (Å²) in [5.74, 6) is 1.25. The summed E-state index contributed by atoms with van der Waals surface area (Å²) in [6, 6.07) is 13.3. The van der Waals surface area contributed by atoms with E-state index in [-0.39, 0.29) is 11.8 Å². The molecule has 1 unspecified atom stereocenters. The van der Waals surface area contributed by atoms with Crippen LogP contribution in [-0.4, -0.2) is 24.8 Å². The Labute approximate surface area is 149 Å². The lowest BCUT2D eigenvalue weighted by molar-refractivity contribution is -0.122. The lowest BCUT2D eigenvalue weighted by Crippen LogP contribution is -2.32. The van der Waals surface area contributed by atoms with E-state index in [1.165, 1.54) is 4.90 Å². The van der Waals surface area contributed by atoms with E-state index in [0.29, 0.717) is 28.9 Å². The Morgan fingerprint density at radius 2 is 2.04 bits per heavy atom. The molecule has 1 N–H and O–H groups in total. The maximum absolute atomic E-state index is 12.3. The summed E-state index contributed by atoms with van der Waals surface area (Å²) >= 11 is 13.7. The third-order valence-corrected chi connectivity index (χ3v) is 5.58. The minimum absolute atomic E-state index is 0.0308. The molecule has 6 heteroatoms. The van der Waals surface area contributed by atoms with Gasteiger partial charge in [-0.2, -0.15) is 0 Å². The van der Waals surface area contributed by atoms with E-state index in [9.17, 15) is 4.79 Å². The van der Waals surface area contributed by atoms with Gasteiger partial charge in [-0.05, 0) is 23.8 Å². The van der Waals surface area contributed by atoms with Crippen LogP contribution in [0.5, 0.6) is 5.75 Å². The first-order chi connectivity index (χ1) is 11.2. The van der Waals surface area contributed by atoms with E-state index in [2.05, 4.69) is 11.4 Å². The first kappa shape index (κ1) is 16.5. The van der Waals surface area contributed by atoms with Gasteiger partial charge in [0.05, 0.1) is 17.5 Å². The molecule has 23 heavy (non-hydrogen) atoms. The van der Waals surface area contributed by atoms with Crippen molar-refractivity contribution in [2.24, 2.45) is 0 Å². The highest BCUT2D eigenvalue weighted by atomic mass is 35.5. The Hall–Kier alpha value is -1.36. The molecule has 3 nitrogen and oxygen atoms in total. The number of ether oxygens (including phenoxy) is 1. The molecular formula is C17H15Cl2NO2S. The van der Waals surface area contributed by atoms with Crippen molar-refractivity contribution in [1.29, 1.82) is 0 Å². The van der Waals surface area contributed by atoms with Gasteiger partial charge in [-0.1, -0.05) is 47.5 Å². The Balaban J connectivity index is 1.50. The molecule has 1 amide bonds. The fourth-order valence-electron chi connectivity index (χ4n) is 2.43. The molecule has 3 rings (SSSR count). The molecule has 0 saturated carbocycles. The molecule has 0 saturated heterocycles. The van der Waals surface area contributed by atoms with Crippen molar-refractivity contribution < 1.29 is 9.53 Å². The highest BCUT2D eigenvalue weighted by Crippen LogP contribution is 2.39. The van der Waals surface area contributed by atoms with Gasteiger partial charge in [0, 0.05) is 10.6 Å². The third-order valence-electron chi connectivity index (χ3n) is 3.59. The monoisotopic (exact) mass is 367 g/mol. The van der Waals surface area contributed by atoms with Crippen molar-refractivity contribution in [2.75, 3.05) is 18.9 Å². The standard InChI is InChI=1S/C17H15Cl2NO2S/c18-13-5-3-6-14(16(13)19)22-9-8-20-17(21)12-10-23-15-7-2-1-4-11(12)15/h1-7,12H,8-10H2,(H,20,21). The van der Waals surface area contributed by atoms with Crippen LogP contribution in [0.1, 0.15) is 11.5 Å². The van der Waals surface area contributed by atoms with Crippen LogP contribution in [0.15, 0.2) is 47.4 Å². The van der Waals surface area contributed by atoms with Crippen molar-refractivity contribution in [2.45, 2.75) is 10.8 Å². The number of amides is 1. The van der Waals surface area contributed by atoms with Crippen LogP contribution >= 0.6 is 35.0 Å². The molecule has 0 radical (unpaired) electrons. The zero-order valence-electron chi connectivity index (χ0n) is 12.2. The Morgan fingerprint density at radius 3 is 2.91 bits per heavy atom. The van der Waals surface area contributed by atoms with E-state index in [1.807, 2.05) is 18.2 Å². The molecule has 120 valence electrons. The van der Waals surface area contributed by atoms with Crippen molar-refractivity contribution in [1.82, 2.24) is 5.32 Å². The van der Waals surface area contributed by atoms with E-state index in [1.54, 1.807) is 30.0 Å². The highest BCUT2D eigenvalue weighted by molar-refractivity contribution is 7.99. The third kappa shape index (κ3) is 3.77. The van der Waals surface area contributed by atoms with E-state index in [4.69, 9.17) is 27.9 Å². The fraction of sp³-hybridized carbons (Fsp3) is 0.235. The number of benzene rings is 2. The first-order valence-electron chi connectivity index (χ1n) is 7.23. The molecule has 0 spiro atoms. The molecule has 1 atom stereocenters. The van der Waals surface area contributed by atoms with Crippen LogP contribution in [0.25, 0.3) is 0 Å². The summed E-state index contributed by atoms with van der Waals surface area (Å²) in [5.41, 5.74) is 1.11. The van der Waals surface area contributed by atoms with E-state index < -0.39 is 0 Å². The van der Waals surface area contributed by atoms with Crippen molar-refractivity contribution >= 4 is 40.9 Å². The van der Waals surface area contributed by atoms with Gasteiger partial charge in [0.1, 0.15) is 17.4 Å². The second-order valence-corrected chi connectivity index (χ2v) is 6.94. The van der Waals surface area contributed by atoms with Gasteiger partial charge in [-0.3, -0.25) is 4.79 Å². The van der Waals surface area contributed by atoms with Crippen molar-refractivity contribution in [3.05, 3.63) is 58.1 Å². The summed E-state index contributed by atoms with van der Waals surface area (Å²) < 4.78 is 5.56. The predicted molar refractivity (Wildman–Crippen MR) is 94.9 cm³/mol. The highest BCUT2D eigenvalue weighted by Gasteiger charge is 2.28. The van der Waals surface area contributed by atoms with Crippen LogP contribution in [0.3, 0.4) is 0 Å². The number of rotatable bonds is 5. The summed E-state index contributed by atoms with van der Waals surface area (Å²) in [4.78, 5) is 13.5. The lowest BCUT2D eigenvalue weighted by Gasteiger charge is -2.13. The van der Waals surface area contributed by atoms with E-state index >= 15 is 0 Å². The lowest BCUT2D eigenvalue weighted by atomic mass is 10.0. The minimum Gasteiger partial charge on any atom is -0.490 e. The minimum atomic E-state index is -0.0917. The molecule has 0 fully saturated rings. The maximum Gasteiger partial charge on any atom is 0.228 e. The number of thioether (sulfide) groups is 1. The molecule has 1 aliphatic heterocycles. The van der Waals surface area contributed by atoms with Gasteiger partial charge in [0.2, 0.25) is 5.91 Å². The quantitative estimate of drug-likeness (QED) is 0.796. The molecular weight excluding hydrogens is 353 g/mol. The number of fused-ring (bicyclic) bond motifs is 1. The Kier molecular flexibility index (Phi) is 5.36. The number of halogens is 2. The second kappa shape index (κ2) is 7.47. The number of hydrogen-bond acceptors (Lipinski definition) is 3. The smallest absolute Gasteiger partial charge is 0.228 e. The van der Waals surface area contributed by atoms with Crippen LogP contribution in [0, 0.1) is 0 Å². The fourth-order valence-corrected chi connectivity index (χ4v) is 4.01. The van der Waals surface area contributed by atoms with Gasteiger partial charge in [0.15, 0.2) is 0 Å². The average molecular weight is 368 g/mol. The Morgan fingerprint density at radius 1 is 1.22 bits per heavy atom. The molecule has 0 aliphatic carbocycles. The zero-order chi connectivity index (χ0) is 16.2. The average Bonchev–Trinajstić information content (AvgIpc) is 2.99. The van der Waals surface area contributed by atoms with Crippen LogP contribution in [-0.2, 0) is 4.79 Å². The second-order valence-electron chi connectivity index (χ2n) is 5.09. The van der Waals surface area contributed by atoms with Gasteiger partial charge in [0.25, 0.3) is 0 Å². The van der Waals surface area contributed by atoms with Gasteiger partial charge >= 0.3 is 0 Å². The molecule has 1 aliphatic rings. The summed E-state index contributed by atoms with van der Waals surface area (Å²) in [6.07, 6.45) is 0. The normalized spacial score (nSPS) is 16.0. The van der Waals surface area contributed by atoms with E-state index in [0.717, 1.165) is 11.3 Å². The number of nitrogens with one attached hydrogen (secondary N) is 1. The summed E-state index contributed by atoms with van der Waals surface area (Å²) in [7, 11) is 0. The molecule has 1 heterocycles. The molecule has 0 bridgehead atoms. The molecule has 2 aromatic carbocycles. The SMILES string of the molecule is O=C(NCCOc1cccc(Cl)c1Cl)C1CSc2ccccc21. The summed E-state index contributed by atoms with van der Waals surface area (Å²) in [6.45, 7) is 0.762. The Bertz CT molecular complexity index is 723.